The Morgan fingerprint density at radius 2 is 1.93 bits per heavy atom. The van der Waals surface area contributed by atoms with E-state index in [9.17, 15) is 4.79 Å². The van der Waals surface area contributed by atoms with E-state index in [0.717, 1.165) is 50.5 Å². The van der Waals surface area contributed by atoms with Crippen LogP contribution >= 0.6 is 0 Å². The number of amides is 1. The van der Waals surface area contributed by atoms with Gasteiger partial charge >= 0.3 is 0 Å². The van der Waals surface area contributed by atoms with Crippen LogP contribution in [0.15, 0.2) is 23.0 Å². The summed E-state index contributed by atoms with van der Waals surface area (Å²) >= 11 is 0. The van der Waals surface area contributed by atoms with Crippen molar-refractivity contribution < 1.29 is 9.32 Å². The molecule has 0 N–H and O–H groups in total. The molecule has 1 atom stereocenters. The quantitative estimate of drug-likeness (QED) is 0.673. The van der Waals surface area contributed by atoms with Gasteiger partial charge in [-0.1, -0.05) is 5.16 Å². The average molecular weight is 393 g/mol. The van der Waals surface area contributed by atoms with Crippen molar-refractivity contribution in [2.24, 2.45) is 7.05 Å². The number of piperidine rings is 1. The highest BCUT2D eigenvalue weighted by molar-refractivity contribution is 5.94. The lowest BCUT2D eigenvalue weighted by Gasteiger charge is -2.33. The second-order valence-corrected chi connectivity index (χ2v) is 7.64. The number of aromatic nitrogens is 6. The molecule has 1 amide bonds. The normalized spacial score (nSPS) is 19.2. The number of likely N-dealkylation sites (tertiary alicyclic amines) is 1. The van der Waals surface area contributed by atoms with Crippen LogP contribution in [0.2, 0.25) is 0 Å². The van der Waals surface area contributed by atoms with Crippen molar-refractivity contribution in [3.05, 3.63) is 41.3 Å². The van der Waals surface area contributed by atoms with E-state index in [2.05, 4.69) is 25.2 Å². The SMILES string of the molecule is Cn1nc(C(=O)N2CCCC[C@@H]2c2nc(-c3ncccn3)no2)c2c1CCCC2. The van der Waals surface area contributed by atoms with Crippen LogP contribution in [0.3, 0.4) is 0 Å². The Labute approximate surface area is 168 Å². The predicted octanol–water partition coefficient (Wildman–Crippen LogP) is 2.51. The number of rotatable bonds is 3. The van der Waals surface area contributed by atoms with E-state index in [-0.39, 0.29) is 11.9 Å². The number of carbonyl (C=O) groups is 1. The van der Waals surface area contributed by atoms with Crippen LogP contribution in [0, 0.1) is 0 Å². The van der Waals surface area contributed by atoms with Gasteiger partial charge in [-0.15, -0.1) is 0 Å². The lowest BCUT2D eigenvalue weighted by atomic mass is 9.94. The first-order valence-electron chi connectivity index (χ1n) is 10.2. The zero-order valence-corrected chi connectivity index (χ0v) is 16.4. The minimum absolute atomic E-state index is 0.0378. The molecule has 1 aliphatic carbocycles. The van der Waals surface area contributed by atoms with Crippen molar-refractivity contribution in [2.75, 3.05) is 6.54 Å². The molecule has 0 unspecified atom stereocenters. The van der Waals surface area contributed by atoms with Crippen LogP contribution in [-0.4, -0.2) is 47.2 Å². The van der Waals surface area contributed by atoms with Gasteiger partial charge in [0.05, 0.1) is 0 Å². The Hall–Kier alpha value is -3.10. The van der Waals surface area contributed by atoms with Gasteiger partial charge in [0.2, 0.25) is 17.5 Å². The fourth-order valence-corrected chi connectivity index (χ4v) is 4.39. The molecule has 0 radical (unpaired) electrons. The summed E-state index contributed by atoms with van der Waals surface area (Å²) in [6.45, 7) is 0.661. The number of nitrogens with zero attached hydrogens (tertiary/aromatic N) is 7. The summed E-state index contributed by atoms with van der Waals surface area (Å²) in [6.07, 6.45) is 10.2. The molecular formula is C20H23N7O2. The average Bonchev–Trinajstić information content (AvgIpc) is 3.40. The molecule has 2 aliphatic rings. The summed E-state index contributed by atoms with van der Waals surface area (Å²) in [5.74, 6) is 1.15. The smallest absolute Gasteiger partial charge is 0.275 e. The van der Waals surface area contributed by atoms with E-state index in [1.165, 1.54) is 5.69 Å². The maximum Gasteiger partial charge on any atom is 0.275 e. The molecule has 29 heavy (non-hydrogen) atoms. The molecule has 0 spiro atoms. The lowest BCUT2D eigenvalue weighted by molar-refractivity contribution is 0.0553. The van der Waals surface area contributed by atoms with Crippen LogP contribution in [0.5, 0.6) is 0 Å². The van der Waals surface area contributed by atoms with Gasteiger partial charge in [0, 0.05) is 37.2 Å². The van der Waals surface area contributed by atoms with Gasteiger partial charge < -0.3 is 9.42 Å². The molecule has 0 saturated carbocycles. The third kappa shape index (κ3) is 3.20. The van der Waals surface area contributed by atoms with E-state index in [4.69, 9.17) is 4.52 Å². The predicted molar refractivity (Wildman–Crippen MR) is 103 cm³/mol. The highest BCUT2D eigenvalue weighted by atomic mass is 16.5. The minimum atomic E-state index is -0.248. The van der Waals surface area contributed by atoms with Crippen molar-refractivity contribution in [3.63, 3.8) is 0 Å². The second-order valence-electron chi connectivity index (χ2n) is 7.64. The molecule has 4 heterocycles. The molecule has 9 nitrogen and oxygen atoms in total. The van der Waals surface area contributed by atoms with Gasteiger partial charge in [-0.05, 0) is 51.0 Å². The lowest BCUT2D eigenvalue weighted by Crippen LogP contribution is -2.39. The van der Waals surface area contributed by atoms with E-state index >= 15 is 0 Å². The standard InChI is InChI=1S/C20H23N7O2/c1-26-14-8-3-2-7-13(14)16(24-26)20(28)27-12-5-4-9-15(27)19-23-18(25-29-19)17-21-10-6-11-22-17/h6,10-11,15H,2-5,7-9,12H2,1H3/t15-/m1/s1. The van der Waals surface area contributed by atoms with E-state index < -0.39 is 0 Å². The van der Waals surface area contributed by atoms with E-state index in [1.807, 2.05) is 16.6 Å². The Bertz CT molecular complexity index is 1030. The fourth-order valence-electron chi connectivity index (χ4n) is 4.39. The summed E-state index contributed by atoms with van der Waals surface area (Å²) in [5, 5.41) is 8.62. The van der Waals surface area contributed by atoms with Crippen molar-refractivity contribution in [3.8, 4) is 11.6 Å². The molecule has 5 rings (SSSR count). The molecular weight excluding hydrogens is 370 g/mol. The number of fused-ring (bicyclic) bond motifs is 1. The van der Waals surface area contributed by atoms with Crippen LogP contribution < -0.4 is 0 Å². The Balaban J connectivity index is 1.45. The van der Waals surface area contributed by atoms with Crippen molar-refractivity contribution in [1.29, 1.82) is 0 Å². The summed E-state index contributed by atoms with van der Waals surface area (Å²) in [6, 6.07) is 1.49. The van der Waals surface area contributed by atoms with E-state index in [1.54, 1.807) is 18.5 Å². The summed E-state index contributed by atoms with van der Waals surface area (Å²) < 4.78 is 7.41. The van der Waals surface area contributed by atoms with Gasteiger partial charge in [0.1, 0.15) is 6.04 Å². The highest BCUT2D eigenvalue weighted by Gasteiger charge is 2.36. The van der Waals surface area contributed by atoms with Crippen LogP contribution in [0.25, 0.3) is 11.6 Å². The molecule has 0 bridgehead atoms. The van der Waals surface area contributed by atoms with Gasteiger partial charge in [-0.25, -0.2) is 9.97 Å². The van der Waals surface area contributed by atoms with Gasteiger partial charge in [0.15, 0.2) is 5.69 Å². The van der Waals surface area contributed by atoms with E-state index in [0.29, 0.717) is 29.8 Å². The number of aryl methyl sites for hydroxylation is 1. The molecule has 0 aromatic carbocycles. The summed E-state index contributed by atoms with van der Waals surface area (Å²) in [4.78, 5) is 28.2. The molecule has 3 aromatic rings. The van der Waals surface area contributed by atoms with Gasteiger partial charge in [0.25, 0.3) is 5.91 Å². The first kappa shape index (κ1) is 18.0. The summed E-state index contributed by atoms with van der Waals surface area (Å²) in [7, 11) is 1.93. The van der Waals surface area contributed by atoms with Crippen LogP contribution in [0.1, 0.15) is 65.8 Å². The van der Waals surface area contributed by atoms with Crippen molar-refractivity contribution in [2.45, 2.75) is 51.0 Å². The zero-order chi connectivity index (χ0) is 19.8. The van der Waals surface area contributed by atoms with Crippen LogP contribution in [-0.2, 0) is 19.9 Å². The number of hydrogen-bond donors (Lipinski definition) is 0. The Kier molecular flexibility index (Phi) is 4.57. The Morgan fingerprint density at radius 3 is 2.79 bits per heavy atom. The first-order valence-corrected chi connectivity index (χ1v) is 10.2. The second kappa shape index (κ2) is 7.38. The Morgan fingerprint density at radius 1 is 1.10 bits per heavy atom. The van der Waals surface area contributed by atoms with Crippen molar-refractivity contribution >= 4 is 5.91 Å². The minimum Gasteiger partial charge on any atom is -0.337 e. The van der Waals surface area contributed by atoms with Gasteiger partial charge in [-0.3, -0.25) is 9.48 Å². The molecule has 9 heteroatoms. The highest BCUT2D eigenvalue weighted by Crippen LogP contribution is 2.33. The van der Waals surface area contributed by atoms with Crippen LogP contribution in [0.4, 0.5) is 0 Å². The molecule has 3 aromatic heterocycles. The number of hydrogen-bond acceptors (Lipinski definition) is 7. The zero-order valence-electron chi connectivity index (χ0n) is 16.4. The third-order valence-corrected chi connectivity index (χ3v) is 5.82. The monoisotopic (exact) mass is 393 g/mol. The van der Waals surface area contributed by atoms with Crippen molar-refractivity contribution in [1.82, 2.24) is 34.8 Å². The maximum absolute atomic E-state index is 13.5. The molecule has 1 aliphatic heterocycles. The molecule has 150 valence electrons. The first-order chi connectivity index (χ1) is 14.2. The third-order valence-electron chi connectivity index (χ3n) is 5.82. The fraction of sp³-hybridized carbons (Fsp3) is 0.500. The largest absolute Gasteiger partial charge is 0.337 e. The molecule has 1 saturated heterocycles. The molecule has 1 fully saturated rings. The number of carbonyl (C=O) groups excluding carboxylic acids is 1. The summed E-state index contributed by atoms with van der Waals surface area (Å²) in [5.41, 5.74) is 2.88. The maximum atomic E-state index is 13.5. The topological polar surface area (TPSA) is 103 Å². The van der Waals surface area contributed by atoms with Gasteiger partial charge in [-0.2, -0.15) is 10.1 Å².